The van der Waals surface area contributed by atoms with Gasteiger partial charge in [-0.25, -0.2) is 4.98 Å². The van der Waals surface area contributed by atoms with E-state index in [0.717, 1.165) is 19.0 Å². The lowest BCUT2D eigenvalue weighted by atomic mass is 9.90. The molecule has 0 spiro atoms. The lowest BCUT2D eigenvalue weighted by Crippen LogP contribution is -2.38. The fourth-order valence-electron chi connectivity index (χ4n) is 6.43. The first-order valence-electron chi connectivity index (χ1n) is 13.2. The predicted molar refractivity (Wildman–Crippen MR) is 130 cm³/mol. The van der Waals surface area contributed by atoms with Gasteiger partial charge < -0.3 is 14.8 Å². The Hall–Kier alpha value is -1.39. The normalized spacial score (nSPS) is 23.8. The van der Waals surface area contributed by atoms with E-state index in [4.69, 9.17) is 4.98 Å². The molecule has 2 saturated heterocycles. The number of aromatic nitrogens is 2. The Morgan fingerprint density at radius 3 is 2.35 bits per heavy atom. The molecule has 0 radical (unpaired) electrons. The number of likely N-dealkylation sites (tertiary alicyclic amines) is 1. The monoisotopic (exact) mass is 422 g/mol. The minimum absolute atomic E-state index is 0.613. The molecule has 0 amide bonds. The van der Waals surface area contributed by atoms with Crippen LogP contribution < -0.4 is 5.32 Å². The molecule has 4 heteroatoms. The molecular formula is C27H42N4. The van der Waals surface area contributed by atoms with E-state index in [1.807, 2.05) is 0 Å². The molecular weight excluding hydrogens is 380 g/mol. The zero-order valence-corrected chi connectivity index (χ0v) is 19.6. The van der Waals surface area contributed by atoms with Crippen molar-refractivity contribution in [3.63, 3.8) is 0 Å². The summed E-state index contributed by atoms with van der Waals surface area (Å²) < 4.78 is 2.68. The summed E-state index contributed by atoms with van der Waals surface area (Å²) in [7, 11) is 0. The van der Waals surface area contributed by atoms with Gasteiger partial charge in [0.15, 0.2) is 0 Å². The molecule has 1 N–H and O–H groups in total. The Labute approximate surface area is 188 Å². The van der Waals surface area contributed by atoms with Crippen molar-refractivity contribution in [1.29, 1.82) is 0 Å². The lowest BCUT2D eigenvalue weighted by Gasteiger charge is -2.36. The third kappa shape index (κ3) is 5.01. The van der Waals surface area contributed by atoms with E-state index in [1.54, 1.807) is 0 Å². The summed E-state index contributed by atoms with van der Waals surface area (Å²) in [5.41, 5.74) is 3.91. The van der Waals surface area contributed by atoms with E-state index in [-0.39, 0.29) is 0 Å². The molecule has 1 saturated carbocycles. The van der Waals surface area contributed by atoms with Crippen molar-refractivity contribution in [3.8, 4) is 0 Å². The van der Waals surface area contributed by atoms with E-state index >= 15 is 0 Å². The fourth-order valence-corrected chi connectivity index (χ4v) is 6.43. The first kappa shape index (κ1) is 21.5. The predicted octanol–water partition coefficient (Wildman–Crippen LogP) is 5.81. The first-order valence-corrected chi connectivity index (χ1v) is 13.2. The molecule has 1 aromatic heterocycles. The third-order valence-electron chi connectivity index (χ3n) is 8.24. The maximum atomic E-state index is 5.23. The Kier molecular flexibility index (Phi) is 6.95. The summed E-state index contributed by atoms with van der Waals surface area (Å²) >= 11 is 0. The van der Waals surface area contributed by atoms with Crippen LogP contribution in [0.2, 0.25) is 0 Å². The molecule has 2 aliphatic heterocycles. The highest BCUT2D eigenvalue weighted by Gasteiger charge is 2.29. The molecule has 31 heavy (non-hydrogen) atoms. The lowest BCUT2D eigenvalue weighted by molar-refractivity contribution is 0.151. The van der Waals surface area contributed by atoms with E-state index in [2.05, 4.69) is 39.9 Å². The van der Waals surface area contributed by atoms with Gasteiger partial charge >= 0.3 is 0 Å². The largest absolute Gasteiger partial charge is 0.325 e. The molecule has 2 aromatic rings. The summed E-state index contributed by atoms with van der Waals surface area (Å²) in [5.74, 6) is 2.93. The van der Waals surface area contributed by atoms with Crippen molar-refractivity contribution in [2.24, 2.45) is 5.92 Å². The highest BCUT2D eigenvalue weighted by Crippen LogP contribution is 2.35. The van der Waals surface area contributed by atoms with Crippen molar-refractivity contribution < 1.29 is 0 Å². The zero-order valence-electron chi connectivity index (χ0n) is 19.6. The van der Waals surface area contributed by atoms with Gasteiger partial charge in [-0.1, -0.05) is 38.2 Å². The Morgan fingerprint density at radius 2 is 1.61 bits per heavy atom. The Morgan fingerprint density at radius 1 is 0.903 bits per heavy atom. The van der Waals surface area contributed by atoms with Gasteiger partial charge in [0, 0.05) is 31.6 Å². The van der Waals surface area contributed by atoms with E-state index < -0.39 is 0 Å². The van der Waals surface area contributed by atoms with Crippen LogP contribution in [0.25, 0.3) is 11.0 Å². The summed E-state index contributed by atoms with van der Waals surface area (Å²) in [6, 6.07) is 7.52. The third-order valence-corrected chi connectivity index (χ3v) is 8.24. The molecule has 3 aliphatic rings. The second-order valence-corrected chi connectivity index (χ2v) is 10.6. The van der Waals surface area contributed by atoms with E-state index in [0.29, 0.717) is 12.0 Å². The second-order valence-electron chi connectivity index (χ2n) is 10.6. The van der Waals surface area contributed by atoms with E-state index in [1.165, 1.54) is 113 Å². The van der Waals surface area contributed by atoms with Gasteiger partial charge in [-0.3, -0.25) is 0 Å². The molecule has 1 aliphatic carbocycles. The van der Waals surface area contributed by atoms with Crippen LogP contribution in [0.5, 0.6) is 0 Å². The summed E-state index contributed by atoms with van der Waals surface area (Å²) in [6.07, 6.45) is 15.3. The molecule has 1 aromatic carbocycles. The van der Waals surface area contributed by atoms with Crippen LogP contribution in [-0.4, -0.2) is 47.2 Å². The second kappa shape index (κ2) is 10.0. The fraction of sp³-hybridized carbons (Fsp3) is 0.741. The van der Waals surface area contributed by atoms with Crippen molar-refractivity contribution in [1.82, 2.24) is 19.8 Å². The maximum absolute atomic E-state index is 5.23. The number of fused-ring (bicyclic) bond motifs is 1. The quantitative estimate of drug-likeness (QED) is 0.675. The summed E-state index contributed by atoms with van der Waals surface area (Å²) in [4.78, 5) is 8.01. The van der Waals surface area contributed by atoms with Gasteiger partial charge in [0.05, 0.1) is 11.0 Å². The number of hydrogen-bond donors (Lipinski definition) is 1. The minimum atomic E-state index is 0.613. The molecule has 3 heterocycles. The van der Waals surface area contributed by atoms with Crippen molar-refractivity contribution in [2.45, 2.75) is 89.5 Å². The maximum Gasteiger partial charge on any atom is 0.113 e. The molecule has 4 nitrogen and oxygen atoms in total. The Balaban J connectivity index is 1.30. The number of rotatable bonds is 4. The number of imidazole rings is 1. The number of nitrogens with one attached hydrogen (secondary N) is 1. The van der Waals surface area contributed by atoms with Crippen LogP contribution in [0.1, 0.15) is 94.0 Å². The molecule has 3 fully saturated rings. The molecule has 5 rings (SSSR count). The first-order chi connectivity index (χ1) is 15.3. The van der Waals surface area contributed by atoms with Crippen molar-refractivity contribution in [3.05, 3.63) is 29.6 Å². The SMILES string of the molecule is Cc1ccc2c(c1)nc(C1CCNCC1)n2C1CCN(CC2CCCCCCC2)CC1. The van der Waals surface area contributed by atoms with Crippen molar-refractivity contribution >= 4 is 11.0 Å². The van der Waals surface area contributed by atoms with Gasteiger partial charge in [0.2, 0.25) is 0 Å². The highest BCUT2D eigenvalue weighted by atomic mass is 15.2. The van der Waals surface area contributed by atoms with Crippen LogP contribution in [0.15, 0.2) is 18.2 Å². The number of nitrogens with zero attached hydrogens (tertiary/aromatic N) is 3. The average molecular weight is 423 g/mol. The van der Waals surface area contributed by atoms with Crippen LogP contribution in [-0.2, 0) is 0 Å². The van der Waals surface area contributed by atoms with Gasteiger partial charge in [-0.2, -0.15) is 0 Å². The zero-order chi connectivity index (χ0) is 21.0. The number of piperidine rings is 2. The number of hydrogen-bond acceptors (Lipinski definition) is 3. The van der Waals surface area contributed by atoms with Crippen LogP contribution >= 0.6 is 0 Å². The van der Waals surface area contributed by atoms with Crippen LogP contribution in [0, 0.1) is 12.8 Å². The van der Waals surface area contributed by atoms with Crippen LogP contribution in [0.3, 0.4) is 0 Å². The Bertz CT molecular complexity index is 834. The summed E-state index contributed by atoms with van der Waals surface area (Å²) in [5, 5.41) is 3.54. The minimum Gasteiger partial charge on any atom is -0.325 e. The average Bonchev–Trinajstić information content (AvgIpc) is 3.15. The number of benzene rings is 1. The van der Waals surface area contributed by atoms with Gasteiger partial charge in [-0.15, -0.1) is 0 Å². The van der Waals surface area contributed by atoms with E-state index in [9.17, 15) is 0 Å². The van der Waals surface area contributed by atoms with Gasteiger partial charge in [0.25, 0.3) is 0 Å². The molecule has 0 atom stereocenters. The topological polar surface area (TPSA) is 33.1 Å². The van der Waals surface area contributed by atoms with Crippen LogP contribution in [0.4, 0.5) is 0 Å². The summed E-state index contributed by atoms with van der Waals surface area (Å²) in [6.45, 7) is 8.32. The van der Waals surface area contributed by atoms with Crippen molar-refractivity contribution in [2.75, 3.05) is 32.7 Å². The van der Waals surface area contributed by atoms with Gasteiger partial charge in [0.1, 0.15) is 5.82 Å². The molecule has 0 unspecified atom stereocenters. The standard InChI is InChI=1S/C27H42N4/c1-21-9-10-26-25(19-21)29-27(23-11-15-28-16-12-23)31(26)24-13-17-30(18-14-24)20-22-7-5-3-2-4-6-8-22/h9-10,19,22-24,28H,2-8,11-18,20H2,1H3. The molecule has 170 valence electrons. The van der Waals surface area contributed by atoms with Gasteiger partial charge in [-0.05, 0) is 82.2 Å². The highest BCUT2D eigenvalue weighted by molar-refractivity contribution is 5.77. The molecule has 0 bridgehead atoms. The smallest absolute Gasteiger partial charge is 0.113 e. The number of aryl methyl sites for hydroxylation is 1.